The van der Waals surface area contributed by atoms with Gasteiger partial charge < -0.3 is 10.2 Å². The first-order chi connectivity index (χ1) is 12.0. The Balaban J connectivity index is 2.54. The Hall–Kier alpha value is -2.32. The molecule has 8 heteroatoms. The highest BCUT2D eigenvalue weighted by molar-refractivity contribution is 6.05. The van der Waals surface area contributed by atoms with Crippen LogP contribution in [-0.2, 0) is 0 Å². The standard InChI is InChI=1S/C17H28N4O4/c1-2-3-4-5-6-7-10-19-12-21(17(25)20-18)16(24)14-9-8-13(22)11-15(14)23/h8-9,11,19,22-23H,2-7,10,12,18H2,1H3,(H,20,25). The van der Waals surface area contributed by atoms with E-state index in [2.05, 4.69) is 12.2 Å². The lowest BCUT2D eigenvalue weighted by Gasteiger charge is -2.21. The van der Waals surface area contributed by atoms with Gasteiger partial charge in [0.15, 0.2) is 0 Å². The Kier molecular flexibility index (Phi) is 9.34. The van der Waals surface area contributed by atoms with Gasteiger partial charge >= 0.3 is 6.03 Å². The first kappa shape index (κ1) is 20.7. The second kappa shape index (κ2) is 11.3. The Bertz CT molecular complexity index is 566. The summed E-state index contributed by atoms with van der Waals surface area (Å²) in [5.74, 6) is 3.83. The summed E-state index contributed by atoms with van der Waals surface area (Å²) in [6, 6.07) is 2.76. The van der Waals surface area contributed by atoms with Crippen molar-refractivity contribution in [3.8, 4) is 11.5 Å². The Morgan fingerprint density at radius 3 is 2.44 bits per heavy atom. The smallest absolute Gasteiger partial charge is 0.339 e. The van der Waals surface area contributed by atoms with E-state index in [4.69, 9.17) is 5.84 Å². The highest BCUT2D eigenvalue weighted by Gasteiger charge is 2.24. The summed E-state index contributed by atoms with van der Waals surface area (Å²) in [6.45, 7) is 2.80. The van der Waals surface area contributed by atoms with Crippen LogP contribution in [0, 0.1) is 0 Å². The molecule has 25 heavy (non-hydrogen) atoms. The summed E-state index contributed by atoms with van der Waals surface area (Å²) in [4.78, 5) is 25.1. The number of amides is 3. The summed E-state index contributed by atoms with van der Waals surface area (Å²) in [5.41, 5.74) is 1.82. The molecule has 1 rings (SSSR count). The van der Waals surface area contributed by atoms with Gasteiger partial charge in [-0.3, -0.25) is 15.5 Å². The normalized spacial score (nSPS) is 10.5. The quantitative estimate of drug-likeness (QED) is 0.144. The molecule has 1 aromatic carbocycles. The zero-order valence-corrected chi connectivity index (χ0v) is 14.6. The molecule has 3 amide bonds. The summed E-state index contributed by atoms with van der Waals surface area (Å²) < 4.78 is 0. The number of phenols is 2. The number of nitrogens with two attached hydrogens (primary N) is 1. The minimum Gasteiger partial charge on any atom is -0.508 e. The second-order valence-corrected chi connectivity index (χ2v) is 5.81. The number of urea groups is 1. The van der Waals surface area contributed by atoms with Crippen LogP contribution in [-0.4, -0.2) is 40.3 Å². The van der Waals surface area contributed by atoms with Crippen molar-refractivity contribution in [2.45, 2.75) is 45.4 Å². The average molecular weight is 352 g/mol. The topological polar surface area (TPSA) is 128 Å². The van der Waals surface area contributed by atoms with Crippen molar-refractivity contribution < 1.29 is 19.8 Å². The highest BCUT2D eigenvalue weighted by Crippen LogP contribution is 2.23. The fraction of sp³-hybridized carbons (Fsp3) is 0.529. The highest BCUT2D eigenvalue weighted by atomic mass is 16.3. The summed E-state index contributed by atoms with van der Waals surface area (Å²) in [6.07, 6.45) is 6.86. The SMILES string of the molecule is CCCCCCCCNCN(C(=O)NN)C(=O)c1ccc(O)cc1O. The van der Waals surface area contributed by atoms with Crippen LogP contribution in [0.15, 0.2) is 18.2 Å². The molecule has 0 aromatic heterocycles. The molecule has 0 atom stereocenters. The molecule has 0 fully saturated rings. The number of unbranched alkanes of at least 4 members (excludes halogenated alkanes) is 5. The molecular formula is C17H28N4O4. The number of benzene rings is 1. The summed E-state index contributed by atoms with van der Waals surface area (Å²) in [7, 11) is 0. The first-order valence-electron chi connectivity index (χ1n) is 8.56. The van der Waals surface area contributed by atoms with Gasteiger partial charge in [0.05, 0.1) is 12.2 Å². The Morgan fingerprint density at radius 2 is 1.80 bits per heavy atom. The van der Waals surface area contributed by atoms with E-state index in [1.54, 1.807) is 0 Å². The lowest BCUT2D eigenvalue weighted by atomic mass is 10.1. The molecule has 1 aromatic rings. The third-order valence-corrected chi connectivity index (χ3v) is 3.80. The number of phenolic OH excluding ortho intramolecular Hbond substituents is 2. The number of hydrazine groups is 1. The van der Waals surface area contributed by atoms with E-state index in [9.17, 15) is 19.8 Å². The molecule has 0 unspecified atom stereocenters. The zero-order valence-electron chi connectivity index (χ0n) is 14.6. The molecule has 0 aliphatic carbocycles. The van der Waals surface area contributed by atoms with Crippen LogP contribution < -0.4 is 16.6 Å². The number of imide groups is 1. The van der Waals surface area contributed by atoms with Crippen LogP contribution in [0.2, 0.25) is 0 Å². The summed E-state index contributed by atoms with van der Waals surface area (Å²) in [5, 5.41) is 22.1. The molecule has 140 valence electrons. The van der Waals surface area contributed by atoms with E-state index >= 15 is 0 Å². The number of carbonyl (C=O) groups excluding carboxylic acids is 2. The van der Waals surface area contributed by atoms with Crippen molar-refractivity contribution in [2.24, 2.45) is 5.84 Å². The van der Waals surface area contributed by atoms with Crippen LogP contribution in [0.5, 0.6) is 11.5 Å². The average Bonchev–Trinajstić information content (AvgIpc) is 2.59. The maximum Gasteiger partial charge on any atom is 0.339 e. The Labute approximate surface area is 148 Å². The van der Waals surface area contributed by atoms with Crippen molar-refractivity contribution in [3.05, 3.63) is 23.8 Å². The number of nitrogens with zero attached hydrogens (tertiary/aromatic N) is 1. The largest absolute Gasteiger partial charge is 0.508 e. The van der Waals surface area contributed by atoms with E-state index in [0.29, 0.717) is 6.54 Å². The third kappa shape index (κ3) is 6.98. The lowest BCUT2D eigenvalue weighted by molar-refractivity contribution is 0.0787. The molecule has 8 nitrogen and oxygen atoms in total. The van der Waals surface area contributed by atoms with E-state index in [-0.39, 0.29) is 18.0 Å². The van der Waals surface area contributed by atoms with Gasteiger partial charge in [0.2, 0.25) is 0 Å². The zero-order chi connectivity index (χ0) is 18.7. The molecule has 0 aliphatic heterocycles. The number of rotatable bonds is 10. The molecule has 0 saturated heterocycles. The van der Waals surface area contributed by atoms with Crippen LogP contribution in [0.1, 0.15) is 55.8 Å². The molecule has 0 aliphatic rings. The van der Waals surface area contributed by atoms with Gasteiger partial charge in [-0.25, -0.2) is 15.5 Å². The fourth-order valence-electron chi connectivity index (χ4n) is 2.38. The van der Waals surface area contributed by atoms with E-state index in [1.165, 1.54) is 37.8 Å². The van der Waals surface area contributed by atoms with Gasteiger partial charge in [-0.05, 0) is 25.1 Å². The molecule has 0 saturated carbocycles. The molecule has 6 N–H and O–H groups in total. The van der Waals surface area contributed by atoms with Crippen LogP contribution in [0.25, 0.3) is 0 Å². The number of aromatic hydroxyl groups is 2. The minimum absolute atomic E-state index is 0.0306. The van der Waals surface area contributed by atoms with Crippen molar-refractivity contribution in [3.63, 3.8) is 0 Å². The maximum atomic E-state index is 12.4. The molecule has 0 heterocycles. The van der Waals surface area contributed by atoms with Gasteiger partial charge in [-0.1, -0.05) is 39.0 Å². The van der Waals surface area contributed by atoms with Gasteiger partial charge in [-0.15, -0.1) is 0 Å². The molecule has 0 spiro atoms. The maximum absolute atomic E-state index is 12.4. The fourth-order valence-corrected chi connectivity index (χ4v) is 2.38. The third-order valence-electron chi connectivity index (χ3n) is 3.80. The van der Waals surface area contributed by atoms with E-state index < -0.39 is 17.7 Å². The number of hydrogen-bond acceptors (Lipinski definition) is 6. The van der Waals surface area contributed by atoms with Crippen LogP contribution in [0.3, 0.4) is 0 Å². The second-order valence-electron chi connectivity index (χ2n) is 5.81. The first-order valence-corrected chi connectivity index (χ1v) is 8.56. The Morgan fingerprint density at radius 1 is 1.12 bits per heavy atom. The summed E-state index contributed by atoms with van der Waals surface area (Å²) >= 11 is 0. The van der Waals surface area contributed by atoms with Gasteiger partial charge in [-0.2, -0.15) is 0 Å². The van der Waals surface area contributed by atoms with Crippen molar-refractivity contribution in [1.29, 1.82) is 0 Å². The predicted molar refractivity (Wildman–Crippen MR) is 94.9 cm³/mol. The monoisotopic (exact) mass is 352 g/mol. The van der Waals surface area contributed by atoms with E-state index in [0.717, 1.165) is 23.8 Å². The number of carbonyl (C=O) groups is 2. The lowest BCUT2D eigenvalue weighted by Crippen LogP contribution is -2.50. The predicted octanol–water partition coefficient (Wildman–Crippen LogP) is 2.03. The van der Waals surface area contributed by atoms with Crippen molar-refractivity contribution in [1.82, 2.24) is 15.6 Å². The van der Waals surface area contributed by atoms with Gasteiger partial charge in [0, 0.05) is 6.07 Å². The van der Waals surface area contributed by atoms with E-state index in [1.807, 2.05) is 5.43 Å². The molecule has 0 radical (unpaired) electrons. The van der Waals surface area contributed by atoms with Gasteiger partial charge in [0.1, 0.15) is 11.5 Å². The minimum atomic E-state index is -0.784. The van der Waals surface area contributed by atoms with Crippen LogP contribution in [0.4, 0.5) is 4.79 Å². The molecule has 0 bridgehead atoms. The molecular weight excluding hydrogens is 324 g/mol. The van der Waals surface area contributed by atoms with Crippen molar-refractivity contribution in [2.75, 3.05) is 13.2 Å². The van der Waals surface area contributed by atoms with Crippen LogP contribution >= 0.6 is 0 Å². The van der Waals surface area contributed by atoms with Gasteiger partial charge in [0.25, 0.3) is 5.91 Å². The number of nitrogens with one attached hydrogen (secondary N) is 2. The van der Waals surface area contributed by atoms with Crippen molar-refractivity contribution >= 4 is 11.9 Å². The number of hydrogen-bond donors (Lipinski definition) is 5.